The number of benzene rings is 1. The molecule has 0 saturated heterocycles. The fourth-order valence-electron chi connectivity index (χ4n) is 1.22. The van der Waals surface area contributed by atoms with E-state index in [4.69, 9.17) is 9.15 Å². The number of nitrogens with zero attached hydrogens (tertiary/aromatic N) is 2. The molecule has 4 nitrogen and oxygen atoms in total. The maximum absolute atomic E-state index is 5.28. The highest BCUT2D eigenvalue weighted by Gasteiger charge is 2.04. The lowest BCUT2D eigenvalue weighted by atomic mass is 10.1. The highest BCUT2D eigenvalue weighted by atomic mass is 127. The van der Waals surface area contributed by atoms with Crippen molar-refractivity contribution in [3.05, 3.63) is 39.6 Å². The summed E-state index contributed by atoms with van der Waals surface area (Å²) in [5, 5.41) is 7.69. The van der Waals surface area contributed by atoms with E-state index in [9.17, 15) is 0 Å². The minimum absolute atomic E-state index is 0.566. The highest BCUT2D eigenvalue weighted by Crippen LogP contribution is 2.14. The van der Waals surface area contributed by atoms with E-state index in [2.05, 4.69) is 10.2 Å². The quantitative estimate of drug-likeness (QED) is 0.815. The molecule has 1 aromatic carbocycles. The van der Waals surface area contributed by atoms with Gasteiger partial charge in [0, 0.05) is 22.6 Å². The van der Waals surface area contributed by atoms with Crippen LogP contribution in [0.1, 0.15) is 11.5 Å². The molecule has 0 spiro atoms. The fraction of sp³-hybridized carbons (Fsp3) is 0.200. The first kappa shape index (κ1) is 10.4. The molecule has 2 rings (SSSR count). The second-order valence-electron chi connectivity index (χ2n) is 2.97. The first-order valence-electron chi connectivity index (χ1n) is 4.39. The average Bonchev–Trinajstić information content (AvgIpc) is 2.65. The molecular formula is C10H9IN2O2. The Kier molecular flexibility index (Phi) is 3.20. The van der Waals surface area contributed by atoms with Gasteiger partial charge in [-0.3, -0.25) is 0 Å². The molecule has 0 aliphatic rings. The smallest absolute Gasteiger partial charge is 0.278 e. The van der Waals surface area contributed by atoms with E-state index >= 15 is 0 Å². The number of methoxy groups -OCH3 is 1. The first-order valence-corrected chi connectivity index (χ1v) is 5.46. The second-order valence-corrected chi connectivity index (χ2v) is 3.90. The molecule has 5 heteroatoms. The van der Waals surface area contributed by atoms with Crippen LogP contribution in [0.4, 0.5) is 0 Å². The Morgan fingerprint density at radius 1 is 1.27 bits per heavy atom. The Labute approximate surface area is 101 Å². The van der Waals surface area contributed by atoms with Crippen LogP contribution in [0.15, 0.2) is 28.7 Å². The minimum atomic E-state index is 0.566. The van der Waals surface area contributed by atoms with Crippen molar-refractivity contribution < 1.29 is 9.15 Å². The summed E-state index contributed by atoms with van der Waals surface area (Å²) in [4.78, 5) is 0. The molecule has 0 aliphatic heterocycles. The molecule has 0 aliphatic carbocycles. The van der Waals surface area contributed by atoms with Gasteiger partial charge in [-0.25, -0.2) is 0 Å². The molecule has 0 unspecified atom stereocenters. The first-order chi connectivity index (χ1) is 7.28. The highest BCUT2D eigenvalue weighted by molar-refractivity contribution is 14.1. The maximum atomic E-state index is 5.28. The number of rotatable bonds is 3. The van der Waals surface area contributed by atoms with Crippen molar-refractivity contribution in [3.63, 3.8) is 0 Å². The molecule has 78 valence electrons. The molecule has 0 saturated carbocycles. The lowest BCUT2D eigenvalue weighted by Gasteiger charge is -2.00. The van der Waals surface area contributed by atoms with Gasteiger partial charge in [0.25, 0.3) is 3.90 Å². The van der Waals surface area contributed by atoms with E-state index in [1.54, 1.807) is 7.11 Å². The Morgan fingerprint density at radius 2 is 2.00 bits per heavy atom. The zero-order valence-corrected chi connectivity index (χ0v) is 10.3. The predicted octanol–water partition coefficient (Wildman–Crippen LogP) is 2.27. The lowest BCUT2D eigenvalue weighted by molar-refractivity contribution is 0.414. The van der Waals surface area contributed by atoms with Crippen LogP contribution in [0.2, 0.25) is 0 Å². The van der Waals surface area contributed by atoms with Gasteiger partial charge in [-0.15, -0.1) is 10.2 Å². The van der Waals surface area contributed by atoms with Crippen LogP contribution in [0.5, 0.6) is 5.75 Å². The summed E-state index contributed by atoms with van der Waals surface area (Å²) in [7, 11) is 1.65. The van der Waals surface area contributed by atoms with E-state index in [-0.39, 0.29) is 0 Å². The number of halogens is 1. The predicted molar refractivity (Wildman–Crippen MR) is 62.8 cm³/mol. The van der Waals surface area contributed by atoms with Crippen LogP contribution < -0.4 is 4.74 Å². The Balaban J connectivity index is 2.11. The monoisotopic (exact) mass is 316 g/mol. The van der Waals surface area contributed by atoms with Gasteiger partial charge in [0.2, 0.25) is 5.89 Å². The second kappa shape index (κ2) is 4.61. The number of hydrogen-bond acceptors (Lipinski definition) is 4. The standard InChI is InChI=1S/C10H9IN2O2/c1-14-8-4-2-7(3-5-8)6-9-12-13-10(11)15-9/h2-5H,6H2,1H3. The van der Waals surface area contributed by atoms with E-state index < -0.39 is 0 Å². The van der Waals surface area contributed by atoms with Crippen molar-refractivity contribution in [3.8, 4) is 5.75 Å². The molecule has 2 aromatic rings. The van der Waals surface area contributed by atoms with Gasteiger partial charge >= 0.3 is 0 Å². The molecule has 0 radical (unpaired) electrons. The lowest BCUT2D eigenvalue weighted by Crippen LogP contribution is -1.89. The van der Waals surface area contributed by atoms with Crippen molar-refractivity contribution in [1.29, 1.82) is 0 Å². The van der Waals surface area contributed by atoms with Crippen LogP contribution in [0.25, 0.3) is 0 Å². The van der Waals surface area contributed by atoms with Crippen molar-refractivity contribution in [2.24, 2.45) is 0 Å². The molecule has 0 bridgehead atoms. The van der Waals surface area contributed by atoms with Crippen LogP contribution in [0, 0.1) is 3.90 Å². The van der Waals surface area contributed by atoms with Crippen LogP contribution in [0.3, 0.4) is 0 Å². The molecule has 0 amide bonds. The molecule has 0 fully saturated rings. The normalized spacial score (nSPS) is 10.3. The van der Waals surface area contributed by atoms with Gasteiger partial charge < -0.3 is 9.15 Å². The van der Waals surface area contributed by atoms with Crippen molar-refractivity contribution >= 4 is 22.6 Å². The summed E-state index contributed by atoms with van der Waals surface area (Å²) >= 11 is 1.99. The average molecular weight is 316 g/mol. The fourth-order valence-corrected chi connectivity index (χ4v) is 1.58. The zero-order chi connectivity index (χ0) is 10.7. The van der Waals surface area contributed by atoms with Gasteiger partial charge in [0.15, 0.2) is 0 Å². The molecule has 0 N–H and O–H groups in total. The summed E-state index contributed by atoms with van der Waals surface area (Å²) in [5.74, 6) is 1.48. The molecule has 15 heavy (non-hydrogen) atoms. The van der Waals surface area contributed by atoms with E-state index in [0.717, 1.165) is 11.3 Å². The summed E-state index contributed by atoms with van der Waals surface area (Å²) in [6.45, 7) is 0. The van der Waals surface area contributed by atoms with Gasteiger partial charge in [-0.2, -0.15) is 0 Å². The Bertz CT molecular complexity index is 439. The Morgan fingerprint density at radius 3 is 2.53 bits per heavy atom. The summed E-state index contributed by atoms with van der Waals surface area (Å²) in [5.41, 5.74) is 1.12. The van der Waals surface area contributed by atoms with Crippen LogP contribution >= 0.6 is 22.6 Å². The number of ether oxygens (including phenoxy) is 1. The number of hydrogen-bond donors (Lipinski definition) is 0. The van der Waals surface area contributed by atoms with E-state index in [1.165, 1.54) is 0 Å². The number of aromatic nitrogens is 2. The molecule has 0 atom stereocenters. The van der Waals surface area contributed by atoms with Crippen molar-refractivity contribution in [1.82, 2.24) is 10.2 Å². The van der Waals surface area contributed by atoms with E-state index in [1.807, 2.05) is 46.9 Å². The largest absolute Gasteiger partial charge is 0.497 e. The van der Waals surface area contributed by atoms with Crippen LogP contribution in [-0.2, 0) is 6.42 Å². The third-order valence-electron chi connectivity index (χ3n) is 1.96. The van der Waals surface area contributed by atoms with Crippen molar-refractivity contribution in [2.75, 3.05) is 7.11 Å². The third-order valence-corrected chi connectivity index (χ3v) is 2.39. The molecular weight excluding hydrogens is 307 g/mol. The van der Waals surface area contributed by atoms with E-state index in [0.29, 0.717) is 16.2 Å². The van der Waals surface area contributed by atoms with Crippen LogP contribution in [-0.4, -0.2) is 17.3 Å². The van der Waals surface area contributed by atoms with Gasteiger partial charge in [-0.05, 0) is 17.7 Å². The third kappa shape index (κ3) is 2.68. The summed E-state index contributed by atoms with van der Waals surface area (Å²) < 4.78 is 10.9. The molecule has 1 aromatic heterocycles. The van der Waals surface area contributed by atoms with Gasteiger partial charge in [-0.1, -0.05) is 12.1 Å². The summed E-state index contributed by atoms with van der Waals surface area (Å²) in [6.07, 6.45) is 0.653. The SMILES string of the molecule is COc1ccc(Cc2nnc(I)o2)cc1. The minimum Gasteiger partial charge on any atom is -0.497 e. The maximum Gasteiger partial charge on any atom is 0.278 e. The Hall–Kier alpha value is -1.11. The topological polar surface area (TPSA) is 48.2 Å². The molecule has 1 heterocycles. The zero-order valence-electron chi connectivity index (χ0n) is 8.11. The summed E-state index contributed by atoms with van der Waals surface area (Å²) in [6, 6.07) is 7.79. The van der Waals surface area contributed by atoms with Gasteiger partial charge in [0.1, 0.15) is 5.75 Å². The van der Waals surface area contributed by atoms with Crippen molar-refractivity contribution in [2.45, 2.75) is 6.42 Å². The van der Waals surface area contributed by atoms with Gasteiger partial charge in [0.05, 0.1) is 13.5 Å².